The molecule has 2 heterocycles. The van der Waals surface area contributed by atoms with Crippen LogP contribution in [0.4, 0.5) is 5.95 Å². The van der Waals surface area contributed by atoms with Crippen molar-refractivity contribution in [3.63, 3.8) is 0 Å². The van der Waals surface area contributed by atoms with Gasteiger partial charge < -0.3 is 30.2 Å². The van der Waals surface area contributed by atoms with E-state index in [1.165, 1.54) is 18.4 Å². The molecule has 10 nitrogen and oxygen atoms in total. The number of carbonyl (C=O) groups is 3. The van der Waals surface area contributed by atoms with E-state index in [4.69, 9.17) is 20.9 Å². The third-order valence-electron chi connectivity index (χ3n) is 5.96. The van der Waals surface area contributed by atoms with E-state index < -0.39 is 11.9 Å². The molecule has 4 N–H and O–H groups in total. The van der Waals surface area contributed by atoms with Crippen LogP contribution in [0, 0.1) is 0 Å². The Morgan fingerprint density at radius 1 is 1.03 bits per heavy atom. The van der Waals surface area contributed by atoms with Crippen molar-refractivity contribution in [2.45, 2.75) is 32.2 Å². The van der Waals surface area contributed by atoms with Crippen LogP contribution in [0.2, 0.25) is 0 Å². The first-order valence-corrected chi connectivity index (χ1v) is 12.5. The third-order valence-corrected chi connectivity index (χ3v) is 7.10. The first-order chi connectivity index (χ1) is 17.8. The number of rotatable bonds is 12. The topological polar surface area (TPSA) is 149 Å². The van der Waals surface area contributed by atoms with E-state index in [-0.39, 0.29) is 18.6 Å². The maximum absolute atomic E-state index is 12.5. The van der Waals surface area contributed by atoms with Gasteiger partial charge in [-0.25, -0.2) is 4.98 Å². The Hall–Kier alpha value is -4.12. The van der Waals surface area contributed by atoms with E-state index in [2.05, 4.69) is 9.72 Å². The number of ketones is 1. The number of thiophene rings is 1. The SMILES string of the molecule is COC(=O)CCC(=O)c1cc2cc(OCCCCn3c(N)nc4cc(C(N)=O)ccc43)c(OC)cc2s1. The summed E-state index contributed by atoms with van der Waals surface area (Å²) in [5.41, 5.74) is 13.3. The minimum absolute atomic E-state index is 0.0518. The average molecular weight is 525 g/mol. The molecule has 0 aliphatic carbocycles. The molecular weight excluding hydrogens is 496 g/mol. The molecule has 0 bridgehead atoms. The van der Waals surface area contributed by atoms with E-state index in [1.54, 1.807) is 25.3 Å². The van der Waals surface area contributed by atoms with Gasteiger partial charge >= 0.3 is 5.97 Å². The number of fused-ring (bicyclic) bond motifs is 2. The molecular formula is C26H28N4O6S. The summed E-state index contributed by atoms with van der Waals surface area (Å²) in [5.74, 6) is 0.521. The van der Waals surface area contributed by atoms with Crippen LogP contribution < -0.4 is 20.9 Å². The van der Waals surface area contributed by atoms with Crippen LogP contribution >= 0.6 is 11.3 Å². The first kappa shape index (κ1) is 26.0. The van der Waals surface area contributed by atoms with Crippen molar-refractivity contribution < 1.29 is 28.6 Å². The summed E-state index contributed by atoms with van der Waals surface area (Å²) in [6, 6.07) is 10.6. The quantitative estimate of drug-likeness (QED) is 0.161. The van der Waals surface area contributed by atoms with Crippen LogP contribution in [0.3, 0.4) is 0 Å². The predicted molar refractivity (Wildman–Crippen MR) is 141 cm³/mol. The normalized spacial score (nSPS) is 11.1. The van der Waals surface area contributed by atoms with Gasteiger partial charge in [-0.05, 0) is 48.6 Å². The molecule has 0 fully saturated rings. The molecule has 0 aliphatic heterocycles. The number of hydrogen-bond donors (Lipinski definition) is 2. The lowest BCUT2D eigenvalue weighted by Gasteiger charge is -2.11. The highest BCUT2D eigenvalue weighted by Crippen LogP contribution is 2.37. The summed E-state index contributed by atoms with van der Waals surface area (Å²) in [4.78, 5) is 40.1. The van der Waals surface area contributed by atoms with Crippen molar-refractivity contribution in [3.05, 3.63) is 46.8 Å². The molecule has 0 spiro atoms. The van der Waals surface area contributed by atoms with E-state index >= 15 is 0 Å². The monoisotopic (exact) mass is 524 g/mol. The van der Waals surface area contributed by atoms with Crippen LogP contribution in [-0.4, -0.2) is 48.0 Å². The maximum atomic E-state index is 12.5. The number of carbonyl (C=O) groups excluding carboxylic acids is 3. The van der Waals surface area contributed by atoms with Crippen LogP contribution in [0.15, 0.2) is 36.4 Å². The number of amides is 1. The van der Waals surface area contributed by atoms with Crippen molar-refractivity contribution in [3.8, 4) is 11.5 Å². The van der Waals surface area contributed by atoms with Gasteiger partial charge in [0.05, 0.1) is 43.2 Å². The standard InChI is InChI=1S/C26H28N4O6S/c1-34-20-14-22-16(13-23(37-22)19(31)7-8-24(32)35-2)12-21(20)36-10-4-3-9-30-18-6-5-15(25(27)33)11-17(18)29-26(30)28/h5-6,11-14H,3-4,7-10H2,1-2H3,(H2,27,33)(H2,28,29). The van der Waals surface area contributed by atoms with E-state index in [0.29, 0.717) is 46.6 Å². The molecule has 11 heteroatoms. The highest BCUT2D eigenvalue weighted by atomic mass is 32.1. The average Bonchev–Trinajstić information content (AvgIpc) is 3.45. The Morgan fingerprint density at radius 3 is 2.57 bits per heavy atom. The fraction of sp³-hybridized carbons (Fsp3) is 0.308. The molecule has 1 amide bonds. The van der Waals surface area contributed by atoms with Gasteiger partial charge in [-0.15, -0.1) is 11.3 Å². The summed E-state index contributed by atoms with van der Waals surface area (Å²) < 4.78 is 18.9. The number of anilines is 1. The van der Waals surface area contributed by atoms with E-state index in [0.717, 1.165) is 28.4 Å². The fourth-order valence-electron chi connectivity index (χ4n) is 3.99. The number of benzene rings is 2. The van der Waals surface area contributed by atoms with Gasteiger partial charge in [0, 0.05) is 29.3 Å². The highest BCUT2D eigenvalue weighted by molar-refractivity contribution is 7.20. The molecule has 2 aromatic heterocycles. The Balaban J connectivity index is 1.37. The third kappa shape index (κ3) is 5.83. The van der Waals surface area contributed by atoms with Gasteiger partial charge in [0.2, 0.25) is 11.9 Å². The highest BCUT2D eigenvalue weighted by Gasteiger charge is 2.16. The van der Waals surface area contributed by atoms with Crippen LogP contribution in [-0.2, 0) is 16.1 Å². The fourth-order valence-corrected chi connectivity index (χ4v) is 5.03. The number of nitrogens with two attached hydrogens (primary N) is 2. The number of methoxy groups -OCH3 is 2. The van der Waals surface area contributed by atoms with Gasteiger partial charge in [-0.3, -0.25) is 14.4 Å². The smallest absolute Gasteiger partial charge is 0.305 e. The second-order valence-corrected chi connectivity index (χ2v) is 9.48. The number of imidazole rings is 1. The minimum atomic E-state index is -0.510. The Morgan fingerprint density at radius 2 is 1.84 bits per heavy atom. The van der Waals surface area contributed by atoms with E-state index in [1.807, 2.05) is 22.8 Å². The molecule has 0 radical (unpaired) electrons. The molecule has 0 atom stereocenters. The van der Waals surface area contributed by atoms with Gasteiger partial charge in [0.25, 0.3) is 0 Å². The maximum Gasteiger partial charge on any atom is 0.305 e. The molecule has 0 saturated heterocycles. The number of nitrogens with zero attached hydrogens (tertiary/aromatic N) is 2. The molecule has 0 saturated carbocycles. The number of nitrogen functional groups attached to an aromatic ring is 1. The summed E-state index contributed by atoms with van der Waals surface area (Å²) >= 11 is 1.35. The molecule has 4 aromatic rings. The van der Waals surface area contributed by atoms with Crippen molar-refractivity contribution in [2.24, 2.45) is 5.73 Å². The number of esters is 1. The largest absolute Gasteiger partial charge is 0.493 e. The lowest BCUT2D eigenvalue weighted by Crippen LogP contribution is -2.10. The number of aromatic nitrogens is 2. The number of primary amides is 1. The summed E-state index contributed by atoms with van der Waals surface area (Å²) in [6.07, 6.45) is 1.69. The Kier molecular flexibility index (Phi) is 7.92. The molecule has 2 aromatic carbocycles. The summed E-state index contributed by atoms with van der Waals surface area (Å²) in [7, 11) is 2.87. The van der Waals surface area contributed by atoms with Gasteiger partial charge in [-0.2, -0.15) is 0 Å². The molecule has 194 valence electrons. The van der Waals surface area contributed by atoms with Crippen LogP contribution in [0.5, 0.6) is 11.5 Å². The number of ether oxygens (including phenoxy) is 3. The zero-order valence-electron chi connectivity index (χ0n) is 20.6. The Labute approximate surface area is 217 Å². The first-order valence-electron chi connectivity index (χ1n) is 11.7. The van der Waals surface area contributed by atoms with Gasteiger partial charge in [0.15, 0.2) is 17.3 Å². The summed E-state index contributed by atoms with van der Waals surface area (Å²) in [5, 5.41) is 0.871. The van der Waals surface area contributed by atoms with Gasteiger partial charge in [0.1, 0.15) is 0 Å². The van der Waals surface area contributed by atoms with Crippen molar-refractivity contribution in [1.82, 2.24) is 9.55 Å². The summed E-state index contributed by atoms with van der Waals surface area (Å²) in [6.45, 7) is 1.09. The lowest BCUT2D eigenvalue weighted by molar-refractivity contribution is -0.140. The number of unbranched alkanes of at least 4 members (excludes halogenated alkanes) is 1. The predicted octanol–water partition coefficient (Wildman–Crippen LogP) is 3.94. The van der Waals surface area contributed by atoms with Crippen molar-refractivity contribution >= 4 is 56.1 Å². The molecule has 0 aliphatic rings. The number of aryl methyl sites for hydroxylation is 1. The van der Waals surface area contributed by atoms with E-state index in [9.17, 15) is 14.4 Å². The minimum Gasteiger partial charge on any atom is -0.493 e. The van der Waals surface area contributed by atoms with Crippen LogP contribution in [0.1, 0.15) is 45.7 Å². The van der Waals surface area contributed by atoms with Crippen molar-refractivity contribution in [2.75, 3.05) is 26.6 Å². The molecule has 0 unspecified atom stereocenters. The lowest BCUT2D eigenvalue weighted by atomic mass is 10.1. The van der Waals surface area contributed by atoms with Gasteiger partial charge in [-0.1, -0.05) is 0 Å². The van der Waals surface area contributed by atoms with Crippen LogP contribution in [0.25, 0.3) is 21.1 Å². The second-order valence-electron chi connectivity index (χ2n) is 8.40. The second kappa shape index (κ2) is 11.3. The zero-order chi connectivity index (χ0) is 26.5. The molecule has 37 heavy (non-hydrogen) atoms. The Bertz CT molecular complexity index is 1480. The molecule has 4 rings (SSSR count). The number of Topliss-reactive ketones (excluding diaryl/α,β-unsaturated/α-hetero) is 1. The van der Waals surface area contributed by atoms with Crippen molar-refractivity contribution in [1.29, 1.82) is 0 Å². The number of hydrogen-bond acceptors (Lipinski definition) is 9. The zero-order valence-corrected chi connectivity index (χ0v) is 21.4.